The van der Waals surface area contributed by atoms with E-state index in [-0.39, 0.29) is 0 Å². The Labute approximate surface area is 115 Å². The second-order valence-electron chi connectivity index (χ2n) is 3.40. The second kappa shape index (κ2) is 6.89. The van der Waals surface area contributed by atoms with E-state index in [1.165, 1.54) is 11.3 Å². The van der Waals surface area contributed by atoms with Crippen LogP contribution in [0.25, 0.3) is 6.08 Å². The van der Waals surface area contributed by atoms with Gasteiger partial charge in [-0.1, -0.05) is 54.1 Å². The molecule has 4 heteroatoms. The lowest BCUT2D eigenvalue weighted by atomic mass is 10.2. The molecule has 0 aliphatic heterocycles. The van der Waals surface area contributed by atoms with Crippen molar-refractivity contribution in [2.24, 2.45) is 10.2 Å². The minimum absolute atomic E-state index is 0.411. The van der Waals surface area contributed by atoms with Gasteiger partial charge < -0.3 is 0 Å². The first kappa shape index (κ1) is 12.7. The van der Waals surface area contributed by atoms with E-state index in [4.69, 9.17) is 11.6 Å². The average Bonchev–Trinajstić information content (AvgIpc) is 2.93. The van der Waals surface area contributed by atoms with Crippen LogP contribution < -0.4 is 0 Å². The fraction of sp³-hybridized carbons (Fsp3) is 0. The minimum atomic E-state index is 0.411. The van der Waals surface area contributed by atoms with Gasteiger partial charge in [0.2, 0.25) is 0 Å². The van der Waals surface area contributed by atoms with Gasteiger partial charge in [0.25, 0.3) is 0 Å². The van der Waals surface area contributed by atoms with Crippen LogP contribution in [-0.4, -0.2) is 11.4 Å². The highest BCUT2D eigenvalue weighted by molar-refractivity contribution is 7.14. The third-order valence-electron chi connectivity index (χ3n) is 2.11. The molecule has 0 unspecified atom stereocenters. The molecule has 0 saturated carbocycles. The molecule has 0 N–H and O–H groups in total. The molecule has 0 radical (unpaired) electrons. The predicted molar refractivity (Wildman–Crippen MR) is 80.7 cm³/mol. The molecular weight excluding hydrogens is 264 g/mol. The zero-order valence-corrected chi connectivity index (χ0v) is 11.1. The quantitative estimate of drug-likeness (QED) is 0.582. The minimum Gasteiger partial charge on any atom is -0.158 e. The standard InChI is InChI=1S/C14H11ClN2S/c15-14(13-9-5-11-18-13)17-16-10-4-8-12-6-2-1-3-7-12/h1-11H/b8-4?,16-10?,17-14-. The van der Waals surface area contributed by atoms with E-state index in [0.29, 0.717) is 5.17 Å². The lowest BCUT2D eigenvalue weighted by Gasteiger charge is -1.88. The Morgan fingerprint density at radius 1 is 1.11 bits per heavy atom. The van der Waals surface area contributed by atoms with Crippen LogP contribution >= 0.6 is 22.9 Å². The van der Waals surface area contributed by atoms with Crippen LogP contribution in [0.1, 0.15) is 10.4 Å². The van der Waals surface area contributed by atoms with Crippen LogP contribution in [0, 0.1) is 0 Å². The van der Waals surface area contributed by atoms with E-state index in [1.54, 1.807) is 6.21 Å². The van der Waals surface area contributed by atoms with Crippen molar-refractivity contribution in [1.29, 1.82) is 0 Å². The van der Waals surface area contributed by atoms with Gasteiger partial charge in [0.05, 0.1) is 4.88 Å². The number of rotatable bonds is 4. The van der Waals surface area contributed by atoms with E-state index in [9.17, 15) is 0 Å². The molecule has 1 aromatic heterocycles. The summed E-state index contributed by atoms with van der Waals surface area (Å²) < 4.78 is 0. The third kappa shape index (κ3) is 3.95. The zero-order valence-electron chi connectivity index (χ0n) is 9.53. The summed E-state index contributed by atoms with van der Waals surface area (Å²) in [7, 11) is 0. The molecule has 18 heavy (non-hydrogen) atoms. The van der Waals surface area contributed by atoms with Crippen molar-refractivity contribution in [3.8, 4) is 0 Å². The van der Waals surface area contributed by atoms with Crippen LogP contribution in [0.15, 0.2) is 64.1 Å². The smallest absolute Gasteiger partial charge is 0.158 e. The molecule has 0 fully saturated rings. The van der Waals surface area contributed by atoms with Crippen molar-refractivity contribution >= 4 is 40.4 Å². The first-order valence-electron chi connectivity index (χ1n) is 5.38. The Morgan fingerprint density at radius 2 is 1.94 bits per heavy atom. The fourth-order valence-electron chi connectivity index (χ4n) is 1.29. The molecule has 2 rings (SSSR count). The summed E-state index contributed by atoms with van der Waals surface area (Å²) >= 11 is 7.50. The Morgan fingerprint density at radius 3 is 2.67 bits per heavy atom. The van der Waals surface area contributed by atoms with Crippen molar-refractivity contribution < 1.29 is 0 Å². The van der Waals surface area contributed by atoms with Crippen molar-refractivity contribution in [2.75, 3.05) is 0 Å². The van der Waals surface area contributed by atoms with E-state index < -0.39 is 0 Å². The van der Waals surface area contributed by atoms with E-state index in [0.717, 1.165) is 10.4 Å². The maximum Gasteiger partial charge on any atom is 0.168 e. The summed E-state index contributed by atoms with van der Waals surface area (Å²) in [6.45, 7) is 0. The normalized spacial score (nSPS) is 12.6. The highest BCUT2D eigenvalue weighted by Gasteiger charge is 1.98. The van der Waals surface area contributed by atoms with Crippen molar-refractivity contribution in [3.05, 3.63) is 64.4 Å². The van der Waals surface area contributed by atoms with E-state index in [2.05, 4.69) is 10.2 Å². The fourth-order valence-corrected chi connectivity index (χ4v) is 2.13. The Bertz CT molecular complexity index is 557. The van der Waals surface area contributed by atoms with Gasteiger partial charge in [-0.2, -0.15) is 5.10 Å². The van der Waals surface area contributed by atoms with Crippen molar-refractivity contribution in [3.63, 3.8) is 0 Å². The Hall–Kier alpha value is -1.71. The summed E-state index contributed by atoms with van der Waals surface area (Å²) in [5.41, 5.74) is 1.12. The van der Waals surface area contributed by atoms with Crippen molar-refractivity contribution in [2.45, 2.75) is 0 Å². The summed E-state index contributed by atoms with van der Waals surface area (Å²) in [6.07, 6.45) is 5.40. The molecule has 2 aromatic rings. The number of thiophene rings is 1. The molecule has 2 nitrogen and oxygen atoms in total. The topological polar surface area (TPSA) is 24.7 Å². The number of nitrogens with zero attached hydrogens (tertiary/aromatic N) is 2. The van der Waals surface area contributed by atoms with Crippen molar-refractivity contribution in [1.82, 2.24) is 0 Å². The summed E-state index contributed by atoms with van der Waals surface area (Å²) in [6, 6.07) is 13.8. The number of halogens is 1. The molecule has 90 valence electrons. The summed E-state index contributed by atoms with van der Waals surface area (Å²) in [5.74, 6) is 0. The van der Waals surface area contributed by atoms with Crippen LogP contribution in [0.2, 0.25) is 0 Å². The average molecular weight is 275 g/mol. The number of hydrogen-bond donors (Lipinski definition) is 0. The Balaban J connectivity index is 1.93. The summed E-state index contributed by atoms with van der Waals surface area (Å²) in [5, 5.41) is 10.2. The predicted octanol–water partition coefficient (Wildman–Crippen LogP) is 4.43. The Kier molecular flexibility index (Phi) is 4.88. The largest absolute Gasteiger partial charge is 0.168 e. The maximum absolute atomic E-state index is 5.97. The van der Waals surface area contributed by atoms with E-state index in [1.807, 2.05) is 60.0 Å². The van der Waals surface area contributed by atoms with Gasteiger partial charge in [-0.15, -0.1) is 16.4 Å². The maximum atomic E-state index is 5.97. The molecular formula is C14H11ClN2S. The molecule has 0 aliphatic rings. The first-order chi connectivity index (χ1) is 8.86. The molecule has 0 spiro atoms. The van der Waals surface area contributed by atoms with Crippen LogP contribution in [0.3, 0.4) is 0 Å². The summed E-state index contributed by atoms with van der Waals surface area (Å²) in [4.78, 5) is 0.917. The molecule has 0 bridgehead atoms. The monoisotopic (exact) mass is 274 g/mol. The van der Waals surface area contributed by atoms with Gasteiger partial charge in [0.1, 0.15) is 0 Å². The van der Waals surface area contributed by atoms with Gasteiger partial charge in [-0.25, -0.2) is 0 Å². The van der Waals surface area contributed by atoms with Gasteiger partial charge in [0.15, 0.2) is 5.17 Å². The number of hydrogen-bond acceptors (Lipinski definition) is 3. The van der Waals surface area contributed by atoms with Gasteiger partial charge in [-0.3, -0.25) is 0 Å². The second-order valence-corrected chi connectivity index (χ2v) is 4.71. The molecule has 0 aliphatic carbocycles. The SMILES string of the molecule is Cl/C(=N\N=CC=Cc1ccccc1)c1cccs1. The highest BCUT2D eigenvalue weighted by atomic mass is 35.5. The van der Waals surface area contributed by atoms with Gasteiger partial charge >= 0.3 is 0 Å². The molecule has 0 amide bonds. The third-order valence-corrected chi connectivity index (χ3v) is 3.38. The first-order valence-corrected chi connectivity index (χ1v) is 6.64. The van der Waals surface area contributed by atoms with Crippen LogP contribution in [-0.2, 0) is 0 Å². The molecule has 1 heterocycles. The van der Waals surface area contributed by atoms with E-state index >= 15 is 0 Å². The lowest BCUT2D eigenvalue weighted by Crippen LogP contribution is -1.83. The van der Waals surface area contributed by atoms with Crippen LogP contribution in [0.5, 0.6) is 0 Å². The van der Waals surface area contributed by atoms with Crippen LogP contribution in [0.4, 0.5) is 0 Å². The molecule has 0 atom stereocenters. The lowest BCUT2D eigenvalue weighted by molar-refractivity contribution is 1.27. The highest BCUT2D eigenvalue weighted by Crippen LogP contribution is 2.12. The molecule has 0 saturated heterocycles. The zero-order chi connectivity index (χ0) is 12.6. The van der Waals surface area contributed by atoms with Gasteiger partial charge in [-0.05, 0) is 23.1 Å². The number of allylic oxidation sites excluding steroid dienone is 1. The number of benzene rings is 1. The van der Waals surface area contributed by atoms with Gasteiger partial charge in [0, 0.05) is 6.21 Å². The molecule has 1 aromatic carbocycles.